The maximum Gasteiger partial charge on any atom is 0.0351 e. The predicted octanol–water partition coefficient (Wildman–Crippen LogP) is 4.73. The fourth-order valence-corrected chi connectivity index (χ4v) is 4.11. The van der Waals surface area contributed by atoms with Crippen LogP contribution in [0.1, 0.15) is 41.5 Å². The third-order valence-corrected chi connectivity index (χ3v) is 5.31. The Bertz CT molecular complexity index is 620. The third kappa shape index (κ3) is 2.02. The van der Waals surface area contributed by atoms with Gasteiger partial charge in [-0.2, -0.15) is 0 Å². The Morgan fingerprint density at radius 3 is 2.50 bits per heavy atom. The maximum absolute atomic E-state index is 3.54. The summed E-state index contributed by atoms with van der Waals surface area (Å²) in [5.74, 6) is 0.522. The molecule has 0 aromatic heterocycles. The zero-order chi connectivity index (χ0) is 13.5. The molecule has 0 radical (unpaired) electrons. The second-order valence-electron chi connectivity index (χ2n) is 5.89. The van der Waals surface area contributed by atoms with Gasteiger partial charge in [0.15, 0.2) is 0 Å². The van der Waals surface area contributed by atoms with Gasteiger partial charge in [0, 0.05) is 23.0 Å². The van der Waals surface area contributed by atoms with Crippen LogP contribution in [-0.2, 0) is 0 Å². The van der Waals surface area contributed by atoms with Crippen LogP contribution < -0.4 is 0 Å². The molecule has 2 atom stereocenters. The fourth-order valence-electron chi connectivity index (χ4n) is 3.84. The normalized spacial score (nSPS) is 25.2. The number of nitrogens with zero attached hydrogens (tertiary/aromatic N) is 1. The minimum atomic E-state index is 0.522. The first kappa shape index (κ1) is 12.6. The number of halogens is 1. The largest absolute Gasteiger partial charge is 0.295 e. The van der Waals surface area contributed by atoms with E-state index in [1.807, 2.05) is 0 Å². The Morgan fingerprint density at radius 1 is 0.950 bits per heavy atom. The van der Waals surface area contributed by atoms with Crippen LogP contribution in [0.15, 0.2) is 53.0 Å². The highest BCUT2D eigenvalue weighted by Crippen LogP contribution is 2.44. The van der Waals surface area contributed by atoms with Gasteiger partial charge in [0.1, 0.15) is 0 Å². The van der Waals surface area contributed by atoms with Gasteiger partial charge in [-0.3, -0.25) is 4.90 Å². The van der Waals surface area contributed by atoms with Gasteiger partial charge in [-0.15, -0.1) is 0 Å². The molecule has 1 fully saturated rings. The summed E-state index contributed by atoms with van der Waals surface area (Å²) in [6.45, 7) is 2.43. The van der Waals surface area contributed by atoms with Gasteiger partial charge in [-0.1, -0.05) is 52.3 Å². The first-order valence-corrected chi connectivity index (χ1v) is 8.20. The molecule has 1 nitrogen and oxygen atoms in total. The highest BCUT2D eigenvalue weighted by Gasteiger charge is 2.35. The summed E-state index contributed by atoms with van der Waals surface area (Å²) in [4.78, 5) is 2.68. The summed E-state index contributed by atoms with van der Waals surface area (Å²) in [5.41, 5.74) is 4.54. The van der Waals surface area contributed by atoms with E-state index in [4.69, 9.17) is 0 Å². The lowest BCUT2D eigenvalue weighted by molar-refractivity contribution is 0.230. The van der Waals surface area contributed by atoms with E-state index in [-0.39, 0.29) is 0 Å². The standard InChI is InChI=1S/C18H18BrN/c19-14-9-7-13(8-10-14)17-12-20-11-3-6-18(20)16-5-2-1-4-15(16)17/h1-2,4-5,7-10,17-18H,3,6,11-12H2/t17-,18?/m0/s1. The Morgan fingerprint density at radius 2 is 1.70 bits per heavy atom. The summed E-state index contributed by atoms with van der Waals surface area (Å²) in [6, 6.07) is 18.6. The summed E-state index contributed by atoms with van der Waals surface area (Å²) in [6.07, 6.45) is 2.66. The van der Waals surface area contributed by atoms with E-state index >= 15 is 0 Å². The molecule has 0 aliphatic carbocycles. The molecule has 0 saturated carbocycles. The average molecular weight is 328 g/mol. The molecule has 2 aliphatic heterocycles. The molecule has 102 valence electrons. The topological polar surface area (TPSA) is 3.24 Å². The van der Waals surface area contributed by atoms with Crippen LogP contribution in [-0.4, -0.2) is 18.0 Å². The van der Waals surface area contributed by atoms with Crippen LogP contribution in [0, 0.1) is 0 Å². The molecule has 0 bridgehead atoms. The Kier molecular flexibility index (Phi) is 3.16. The van der Waals surface area contributed by atoms with Crippen molar-refractivity contribution < 1.29 is 0 Å². The van der Waals surface area contributed by atoms with E-state index < -0.39 is 0 Å². The summed E-state index contributed by atoms with van der Waals surface area (Å²) in [5, 5.41) is 0. The van der Waals surface area contributed by atoms with Crippen molar-refractivity contribution in [1.82, 2.24) is 4.90 Å². The van der Waals surface area contributed by atoms with E-state index in [1.165, 1.54) is 37.1 Å². The highest BCUT2D eigenvalue weighted by atomic mass is 79.9. The van der Waals surface area contributed by atoms with Crippen molar-refractivity contribution in [2.24, 2.45) is 0 Å². The second-order valence-corrected chi connectivity index (χ2v) is 6.80. The van der Waals surface area contributed by atoms with E-state index in [0.29, 0.717) is 12.0 Å². The van der Waals surface area contributed by atoms with Crippen LogP contribution in [0.3, 0.4) is 0 Å². The van der Waals surface area contributed by atoms with Gasteiger partial charge in [0.25, 0.3) is 0 Å². The van der Waals surface area contributed by atoms with Crippen molar-refractivity contribution in [2.75, 3.05) is 13.1 Å². The van der Waals surface area contributed by atoms with E-state index in [1.54, 1.807) is 5.56 Å². The van der Waals surface area contributed by atoms with Gasteiger partial charge in [0.05, 0.1) is 0 Å². The number of rotatable bonds is 1. The Hall–Kier alpha value is -1.12. The van der Waals surface area contributed by atoms with E-state index in [2.05, 4.69) is 69.4 Å². The summed E-state index contributed by atoms with van der Waals surface area (Å²) < 4.78 is 1.16. The molecular weight excluding hydrogens is 310 g/mol. The first-order chi connectivity index (χ1) is 9.83. The highest BCUT2D eigenvalue weighted by molar-refractivity contribution is 9.10. The van der Waals surface area contributed by atoms with Gasteiger partial charge < -0.3 is 0 Å². The molecule has 4 rings (SSSR count). The minimum absolute atomic E-state index is 0.522. The van der Waals surface area contributed by atoms with Crippen LogP contribution in [0.4, 0.5) is 0 Å². The van der Waals surface area contributed by atoms with Crippen molar-refractivity contribution in [3.05, 3.63) is 69.7 Å². The van der Waals surface area contributed by atoms with Crippen molar-refractivity contribution in [2.45, 2.75) is 24.8 Å². The smallest absolute Gasteiger partial charge is 0.0351 e. The summed E-state index contributed by atoms with van der Waals surface area (Å²) >= 11 is 3.54. The average Bonchev–Trinajstić information content (AvgIpc) is 2.96. The molecule has 0 amide bonds. The summed E-state index contributed by atoms with van der Waals surface area (Å²) in [7, 11) is 0. The molecule has 2 heterocycles. The van der Waals surface area contributed by atoms with Gasteiger partial charge >= 0.3 is 0 Å². The molecular formula is C18H18BrN. The molecule has 2 aromatic rings. The lowest BCUT2D eigenvalue weighted by atomic mass is 9.82. The molecule has 2 heteroatoms. The van der Waals surface area contributed by atoms with Crippen molar-refractivity contribution in [3.8, 4) is 0 Å². The molecule has 1 unspecified atom stereocenters. The molecule has 0 spiro atoms. The molecule has 2 aromatic carbocycles. The van der Waals surface area contributed by atoms with Crippen LogP contribution >= 0.6 is 15.9 Å². The fraction of sp³-hybridized carbons (Fsp3) is 0.333. The minimum Gasteiger partial charge on any atom is -0.295 e. The quantitative estimate of drug-likeness (QED) is 0.731. The number of fused-ring (bicyclic) bond motifs is 3. The Labute approximate surface area is 128 Å². The SMILES string of the molecule is Brc1ccc([C@@H]2CN3CCCC3c3ccccc32)cc1. The second kappa shape index (κ2) is 5.01. The van der Waals surface area contributed by atoms with Gasteiger partial charge in [-0.25, -0.2) is 0 Å². The van der Waals surface area contributed by atoms with Gasteiger partial charge in [0.2, 0.25) is 0 Å². The van der Waals surface area contributed by atoms with E-state index in [0.717, 1.165) is 4.47 Å². The lowest BCUT2D eigenvalue weighted by Crippen LogP contribution is -2.34. The maximum atomic E-state index is 3.54. The lowest BCUT2D eigenvalue weighted by Gasteiger charge is -2.37. The first-order valence-electron chi connectivity index (χ1n) is 7.41. The molecule has 2 aliphatic rings. The van der Waals surface area contributed by atoms with Crippen LogP contribution in [0.2, 0.25) is 0 Å². The molecule has 20 heavy (non-hydrogen) atoms. The van der Waals surface area contributed by atoms with Gasteiger partial charge in [-0.05, 0) is 48.2 Å². The zero-order valence-electron chi connectivity index (χ0n) is 11.4. The predicted molar refractivity (Wildman–Crippen MR) is 86.0 cm³/mol. The zero-order valence-corrected chi connectivity index (χ0v) is 13.0. The van der Waals surface area contributed by atoms with Crippen LogP contribution in [0.25, 0.3) is 0 Å². The number of hydrogen-bond acceptors (Lipinski definition) is 1. The van der Waals surface area contributed by atoms with Crippen molar-refractivity contribution in [1.29, 1.82) is 0 Å². The van der Waals surface area contributed by atoms with Crippen molar-refractivity contribution in [3.63, 3.8) is 0 Å². The Balaban J connectivity index is 1.80. The molecule has 0 N–H and O–H groups in total. The number of hydrogen-bond donors (Lipinski definition) is 0. The van der Waals surface area contributed by atoms with Crippen LogP contribution in [0.5, 0.6) is 0 Å². The van der Waals surface area contributed by atoms with Crippen molar-refractivity contribution >= 4 is 15.9 Å². The monoisotopic (exact) mass is 327 g/mol. The number of benzene rings is 2. The third-order valence-electron chi connectivity index (χ3n) is 4.78. The molecule has 1 saturated heterocycles. The van der Waals surface area contributed by atoms with E-state index in [9.17, 15) is 0 Å².